The SMILES string of the molecule is C#CC(C)(C)NC1C(C)(C)[C@H]2CC[C@]1(C)C2. The van der Waals surface area contributed by atoms with E-state index in [2.05, 4.69) is 45.9 Å². The highest BCUT2D eigenvalue weighted by atomic mass is 15.0. The van der Waals surface area contributed by atoms with Crippen LogP contribution in [0.1, 0.15) is 53.9 Å². The molecule has 0 aromatic carbocycles. The van der Waals surface area contributed by atoms with Crippen molar-refractivity contribution >= 4 is 0 Å². The smallest absolute Gasteiger partial charge is 0.0743 e. The number of rotatable bonds is 2. The van der Waals surface area contributed by atoms with Gasteiger partial charge in [0.1, 0.15) is 0 Å². The molecule has 1 nitrogen and oxygen atoms in total. The molecular formula is C15H25N. The molecule has 2 saturated carbocycles. The van der Waals surface area contributed by atoms with Crippen LogP contribution < -0.4 is 5.32 Å². The van der Waals surface area contributed by atoms with Gasteiger partial charge in [-0.1, -0.05) is 26.7 Å². The Labute approximate surface area is 100 Å². The second kappa shape index (κ2) is 3.26. The van der Waals surface area contributed by atoms with E-state index in [1.165, 1.54) is 19.3 Å². The summed E-state index contributed by atoms with van der Waals surface area (Å²) in [6.45, 7) is 11.5. The quantitative estimate of drug-likeness (QED) is 0.703. The molecule has 0 aromatic rings. The summed E-state index contributed by atoms with van der Waals surface area (Å²) < 4.78 is 0. The van der Waals surface area contributed by atoms with Crippen molar-refractivity contribution < 1.29 is 0 Å². The summed E-state index contributed by atoms with van der Waals surface area (Å²) in [7, 11) is 0. The highest BCUT2D eigenvalue weighted by Gasteiger charge is 2.59. The van der Waals surface area contributed by atoms with Gasteiger partial charge in [0.2, 0.25) is 0 Å². The number of fused-ring (bicyclic) bond motifs is 2. The minimum absolute atomic E-state index is 0.185. The van der Waals surface area contributed by atoms with E-state index in [0.717, 1.165) is 5.92 Å². The van der Waals surface area contributed by atoms with E-state index < -0.39 is 0 Å². The first-order valence-corrected chi connectivity index (χ1v) is 6.47. The Morgan fingerprint density at radius 1 is 1.31 bits per heavy atom. The van der Waals surface area contributed by atoms with Crippen LogP contribution in [0, 0.1) is 29.1 Å². The van der Waals surface area contributed by atoms with E-state index in [1.54, 1.807) is 0 Å². The van der Waals surface area contributed by atoms with E-state index in [9.17, 15) is 0 Å². The summed E-state index contributed by atoms with van der Waals surface area (Å²) in [5, 5.41) is 3.73. The van der Waals surface area contributed by atoms with Crippen LogP contribution in [0.5, 0.6) is 0 Å². The topological polar surface area (TPSA) is 12.0 Å². The number of nitrogens with one attached hydrogen (secondary N) is 1. The molecule has 90 valence electrons. The van der Waals surface area contributed by atoms with Crippen molar-refractivity contribution in [1.29, 1.82) is 0 Å². The van der Waals surface area contributed by atoms with Crippen molar-refractivity contribution in [3.63, 3.8) is 0 Å². The van der Waals surface area contributed by atoms with Crippen molar-refractivity contribution in [2.45, 2.75) is 65.5 Å². The fraction of sp³-hybridized carbons (Fsp3) is 0.867. The zero-order chi connectivity index (χ0) is 12.2. The van der Waals surface area contributed by atoms with Crippen LogP contribution in [0.25, 0.3) is 0 Å². The lowest BCUT2D eigenvalue weighted by atomic mass is 9.68. The van der Waals surface area contributed by atoms with Crippen molar-refractivity contribution in [1.82, 2.24) is 5.32 Å². The largest absolute Gasteiger partial charge is 0.298 e. The van der Waals surface area contributed by atoms with Crippen LogP contribution >= 0.6 is 0 Å². The molecule has 3 atom stereocenters. The number of hydrogen-bond acceptors (Lipinski definition) is 1. The fourth-order valence-electron chi connectivity index (χ4n) is 4.06. The van der Waals surface area contributed by atoms with Gasteiger partial charge in [0.05, 0.1) is 5.54 Å². The molecule has 0 saturated heterocycles. The normalized spacial score (nSPS) is 41.0. The minimum Gasteiger partial charge on any atom is -0.298 e. The molecule has 0 amide bonds. The molecule has 2 aliphatic rings. The standard InChI is InChI=1S/C15H25N/c1-7-13(2,3)16-12-14(4,5)11-8-9-15(12,6)10-11/h1,11-12,16H,8-10H2,2-6H3/t11-,12?,15+/m0/s1. The van der Waals surface area contributed by atoms with E-state index in [-0.39, 0.29) is 5.54 Å². The zero-order valence-corrected chi connectivity index (χ0v) is 11.4. The van der Waals surface area contributed by atoms with Gasteiger partial charge in [0.15, 0.2) is 0 Å². The minimum atomic E-state index is -0.185. The number of hydrogen-bond donors (Lipinski definition) is 1. The van der Waals surface area contributed by atoms with Gasteiger partial charge in [-0.25, -0.2) is 0 Å². The lowest BCUT2D eigenvalue weighted by molar-refractivity contribution is 0.0934. The van der Waals surface area contributed by atoms with Gasteiger partial charge in [-0.15, -0.1) is 6.42 Å². The Morgan fingerprint density at radius 3 is 2.38 bits per heavy atom. The van der Waals surface area contributed by atoms with Gasteiger partial charge in [0.25, 0.3) is 0 Å². The summed E-state index contributed by atoms with van der Waals surface area (Å²) >= 11 is 0. The van der Waals surface area contributed by atoms with Gasteiger partial charge in [-0.3, -0.25) is 5.32 Å². The third kappa shape index (κ3) is 1.59. The maximum Gasteiger partial charge on any atom is 0.0743 e. The molecule has 2 fully saturated rings. The molecule has 2 bridgehead atoms. The lowest BCUT2D eigenvalue weighted by Gasteiger charge is -2.46. The Kier molecular flexibility index (Phi) is 2.45. The van der Waals surface area contributed by atoms with Crippen molar-refractivity contribution in [3.8, 4) is 12.3 Å². The lowest BCUT2D eigenvalue weighted by Crippen LogP contribution is -2.56. The zero-order valence-electron chi connectivity index (χ0n) is 11.4. The molecule has 1 N–H and O–H groups in total. The first kappa shape index (κ1) is 12.0. The molecule has 0 aromatic heterocycles. The van der Waals surface area contributed by atoms with Crippen LogP contribution in [0.2, 0.25) is 0 Å². The molecule has 16 heavy (non-hydrogen) atoms. The van der Waals surface area contributed by atoms with Gasteiger partial charge in [0, 0.05) is 6.04 Å². The maximum absolute atomic E-state index is 5.60. The Bertz CT molecular complexity index is 329. The predicted molar refractivity (Wildman–Crippen MR) is 69.1 cm³/mol. The van der Waals surface area contributed by atoms with Crippen molar-refractivity contribution in [2.75, 3.05) is 0 Å². The Morgan fingerprint density at radius 2 is 1.94 bits per heavy atom. The first-order chi connectivity index (χ1) is 7.21. The highest BCUT2D eigenvalue weighted by molar-refractivity contribution is 5.17. The van der Waals surface area contributed by atoms with E-state index in [0.29, 0.717) is 16.9 Å². The van der Waals surface area contributed by atoms with Crippen molar-refractivity contribution in [2.24, 2.45) is 16.7 Å². The summed E-state index contributed by atoms with van der Waals surface area (Å²) in [5.74, 6) is 3.75. The van der Waals surface area contributed by atoms with Gasteiger partial charge in [-0.05, 0) is 49.9 Å². The molecule has 0 heterocycles. The predicted octanol–water partition coefficient (Wildman–Crippen LogP) is 3.20. The average Bonchev–Trinajstić information content (AvgIpc) is 2.64. The van der Waals surface area contributed by atoms with Gasteiger partial charge >= 0.3 is 0 Å². The van der Waals surface area contributed by atoms with Crippen molar-refractivity contribution in [3.05, 3.63) is 0 Å². The maximum atomic E-state index is 5.60. The number of terminal acetylenes is 1. The van der Waals surface area contributed by atoms with E-state index in [1.807, 2.05) is 0 Å². The first-order valence-electron chi connectivity index (χ1n) is 6.47. The average molecular weight is 219 g/mol. The molecule has 2 aliphatic carbocycles. The summed E-state index contributed by atoms with van der Waals surface area (Å²) in [5.41, 5.74) is 0.666. The third-order valence-corrected chi connectivity index (χ3v) is 5.14. The van der Waals surface area contributed by atoms with E-state index in [4.69, 9.17) is 6.42 Å². The monoisotopic (exact) mass is 219 g/mol. The molecule has 0 aliphatic heterocycles. The van der Waals surface area contributed by atoms with Crippen LogP contribution in [0.15, 0.2) is 0 Å². The van der Waals surface area contributed by atoms with E-state index >= 15 is 0 Å². The molecule has 0 radical (unpaired) electrons. The summed E-state index contributed by atoms with van der Waals surface area (Å²) in [4.78, 5) is 0. The van der Waals surface area contributed by atoms with Crippen LogP contribution in [0.4, 0.5) is 0 Å². The highest BCUT2D eigenvalue weighted by Crippen LogP contribution is 2.62. The Balaban J connectivity index is 2.24. The summed E-state index contributed by atoms with van der Waals surface area (Å²) in [6, 6.07) is 0.560. The molecule has 1 heteroatoms. The molecular weight excluding hydrogens is 194 g/mol. The second-order valence-electron chi connectivity index (χ2n) is 7.26. The third-order valence-electron chi connectivity index (χ3n) is 5.14. The van der Waals surface area contributed by atoms with Gasteiger partial charge < -0.3 is 0 Å². The summed E-state index contributed by atoms with van der Waals surface area (Å²) in [6.07, 6.45) is 9.74. The molecule has 2 rings (SSSR count). The van der Waals surface area contributed by atoms with Gasteiger partial charge in [-0.2, -0.15) is 0 Å². The van der Waals surface area contributed by atoms with Crippen LogP contribution in [-0.4, -0.2) is 11.6 Å². The van der Waals surface area contributed by atoms with Crippen LogP contribution in [-0.2, 0) is 0 Å². The van der Waals surface area contributed by atoms with Crippen LogP contribution in [0.3, 0.4) is 0 Å². The fourth-order valence-corrected chi connectivity index (χ4v) is 4.06. The molecule has 0 spiro atoms. The molecule has 1 unspecified atom stereocenters. The second-order valence-corrected chi connectivity index (χ2v) is 7.26. The Hall–Kier alpha value is -0.480.